The molecule has 0 radical (unpaired) electrons. The van der Waals surface area contributed by atoms with Gasteiger partial charge < -0.3 is 4.74 Å². The van der Waals surface area contributed by atoms with Gasteiger partial charge in [-0.05, 0) is 19.3 Å². The summed E-state index contributed by atoms with van der Waals surface area (Å²) < 4.78 is 5.18. The zero-order valence-electron chi connectivity index (χ0n) is 11.2. The summed E-state index contributed by atoms with van der Waals surface area (Å²) in [5.41, 5.74) is 0. The molecule has 3 heteroatoms. The Bertz CT molecular complexity index is 172. The van der Waals surface area contributed by atoms with Gasteiger partial charge in [0.05, 0.1) is 6.61 Å². The second-order valence-corrected chi connectivity index (χ2v) is 5.28. The van der Waals surface area contributed by atoms with E-state index in [0.717, 1.165) is 24.6 Å². The van der Waals surface area contributed by atoms with E-state index in [1.807, 2.05) is 0 Å². The number of hydrogen-bond donors (Lipinski definition) is 0. The molecule has 0 aliphatic rings. The largest absolute Gasteiger partial charge is 0.466 e. The second kappa shape index (κ2) is 14.0. The number of alkyl halides is 1. The number of unbranched alkanes of at least 4 members (excludes halogenated alkanes) is 7. The molecule has 0 heterocycles. The van der Waals surface area contributed by atoms with Crippen molar-refractivity contribution in [2.24, 2.45) is 0 Å². The van der Waals surface area contributed by atoms with Gasteiger partial charge in [0.1, 0.15) is 0 Å². The predicted molar refractivity (Wildman–Crippen MR) is 76.6 cm³/mol. The summed E-state index contributed by atoms with van der Waals surface area (Å²) in [6, 6.07) is 0. The normalized spacial score (nSPS) is 10.5. The van der Waals surface area contributed by atoms with E-state index in [1.54, 1.807) is 0 Å². The van der Waals surface area contributed by atoms with Crippen molar-refractivity contribution < 1.29 is 9.53 Å². The van der Waals surface area contributed by atoms with E-state index >= 15 is 0 Å². The van der Waals surface area contributed by atoms with E-state index in [2.05, 4.69) is 22.9 Å². The van der Waals surface area contributed by atoms with Crippen molar-refractivity contribution in [1.82, 2.24) is 0 Å². The van der Waals surface area contributed by atoms with Crippen LogP contribution in [0.3, 0.4) is 0 Å². The van der Waals surface area contributed by atoms with Crippen molar-refractivity contribution in [3.8, 4) is 0 Å². The van der Waals surface area contributed by atoms with Gasteiger partial charge in [-0.15, -0.1) is 0 Å². The van der Waals surface area contributed by atoms with E-state index in [1.165, 1.54) is 38.5 Å². The molecule has 0 aromatic rings. The Morgan fingerprint density at radius 2 is 1.59 bits per heavy atom. The number of carbonyl (C=O) groups is 1. The molecular weight excluding hydrogens is 280 g/mol. The summed E-state index contributed by atoms with van der Waals surface area (Å²) in [5, 5.41) is 1.06. The van der Waals surface area contributed by atoms with E-state index in [9.17, 15) is 4.79 Å². The topological polar surface area (TPSA) is 26.3 Å². The summed E-state index contributed by atoms with van der Waals surface area (Å²) in [7, 11) is 0. The lowest BCUT2D eigenvalue weighted by Crippen LogP contribution is -2.05. The molecule has 0 saturated carbocycles. The van der Waals surface area contributed by atoms with Crippen LogP contribution in [0.15, 0.2) is 0 Å². The molecule has 0 bridgehead atoms. The van der Waals surface area contributed by atoms with Crippen LogP contribution in [0.2, 0.25) is 0 Å². The quantitative estimate of drug-likeness (QED) is 0.293. The van der Waals surface area contributed by atoms with Crippen LogP contribution in [-0.2, 0) is 9.53 Å². The summed E-state index contributed by atoms with van der Waals surface area (Å²) >= 11 is 3.40. The number of carbonyl (C=O) groups excluding carboxylic acids is 1. The first-order valence-corrected chi connectivity index (χ1v) is 8.15. The van der Waals surface area contributed by atoms with Gasteiger partial charge in [0.15, 0.2) is 0 Å². The van der Waals surface area contributed by atoms with Crippen molar-refractivity contribution in [1.29, 1.82) is 0 Å². The van der Waals surface area contributed by atoms with Gasteiger partial charge in [-0.2, -0.15) is 0 Å². The Labute approximate surface area is 115 Å². The first kappa shape index (κ1) is 16.9. The molecule has 0 rings (SSSR count). The molecule has 0 aliphatic carbocycles. The first-order chi connectivity index (χ1) is 8.31. The fourth-order valence-corrected chi connectivity index (χ4v) is 2.08. The van der Waals surface area contributed by atoms with Gasteiger partial charge in [-0.3, -0.25) is 4.79 Å². The highest BCUT2D eigenvalue weighted by atomic mass is 79.9. The lowest BCUT2D eigenvalue weighted by atomic mass is 10.1. The lowest BCUT2D eigenvalue weighted by Gasteiger charge is -2.04. The zero-order chi connectivity index (χ0) is 12.8. The molecule has 0 fully saturated rings. The minimum atomic E-state index is -0.0145. The maximum Gasteiger partial charge on any atom is 0.305 e. The number of esters is 1. The standard InChI is InChI=1S/C14H27BrO2/c1-2-3-4-7-10-13-17-14(16)11-8-5-6-9-12-15/h2-13H2,1H3. The molecule has 0 aromatic carbocycles. The second-order valence-electron chi connectivity index (χ2n) is 4.49. The molecule has 0 N–H and O–H groups in total. The highest BCUT2D eigenvalue weighted by Crippen LogP contribution is 2.06. The van der Waals surface area contributed by atoms with E-state index in [-0.39, 0.29) is 5.97 Å². The highest BCUT2D eigenvalue weighted by Gasteiger charge is 2.01. The van der Waals surface area contributed by atoms with Crippen LogP contribution in [0.4, 0.5) is 0 Å². The van der Waals surface area contributed by atoms with E-state index < -0.39 is 0 Å². The lowest BCUT2D eigenvalue weighted by molar-refractivity contribution is -0.143. The van der Waals surface area contributed by atoms with Crippen LogP contribution in [-0.4, -0.2) is 17.9 Å². The Kier molecular flexibility index (Phi) is 14.0. The predicted octanol–water partition coefficient (Wildman–Crippen LogP) is 4.85. The molecule has 0 aromatic heterocycles. The van der Waals surface area contributed by atoms with Crippen LogP contribution >= 0.6 is 15.9 Å². The average Bonchev–Trinajstić information content (AvgIpc) is 2.33. The zero-order valence-corrected chi connectivity index (χ0v) is 12.8. The number of ether oxygens (including phenoxy) is 1. The van der Waals surface area contributed by atoms with Crippen LogP contribution in [0, 0.1) is 0 Å². The third kappa shape index (κ3) is 13.9. The third-order valence-electron chi connectivity index (χ3n) is 2.78. The molecule has 102 valence electrons. The first-order valence-electron chi connectivity index (χ1n) is 7.02. The van der Waals surface area contributed by atoms with Crippen molar-refractivity contribution in [3.63, 3.8) is 0 Å². The minimum absolute atomic E-state index is 0.0145. The number of halogens is 1. The van der Waals surface area contributed by atoms with Gasteiger partial charge in [-0.25, -0.2) is 0 Å². The molecule has 0 aliphatic heterocycles. The average molecular weight is 307 g/mol. The Morgan fingerprint density at radius 1 is 0.941 bits per heavy atom. The number of hydrogen-bond acceptors (Lipinski definition) is 2. The third-order valence-corrected chi connectivity index (χ3v) is 3.34. The van der Waals surface area contributed by atoms with Crippen molar-refractivity contribution in [2.75, 3.05) is 11.9 Å². The highest BCUT2D eigenvalue weighted by molar-refractivity contribution is 9.09. The summed E-state index contributed by atoms with van der Waals surface area (Å²) in [6.45, 7) is 2.82. The van der Waals surface area contributed by atoms with Gasteiger partial charge in [0, 0.05) is 11.8 Å². The monoisotopic (exact) mass is 306 g/mol. The van der Waals surface area contributed by atoms with Crippen LogP contribution in [0.5, 0.6) is 0 Å². The van der Waals surface area contributed by atoms with Gasteiger partial charge in [0.25, 0.3) is 0 Å². The molecule has 0 spiro atoms. The molecule has 0 unspecified atom stereocenters. The molecule has 17 heavy (non-hydrogen) atoms. The van der Waals surface area contributed by atoms with Gasteiger partial charge in [0.2, 0.25) is 0 Å². The van der Waals surface area contributed by atoms with Gasteiger partial charge >= 0.3 is 5.97 Å². The van der Waals surface area contributed by atoms with Crippen molar-refractivity contribution in [2.45, 2.75) is 71.1 Å². The Hall–Kier alpha value is -0.0500. The molecule has 0 atom stereocenters. The smallest absolute Gasteiger partial charge is 0.305 e. The Balaban J connectivity index is 3.12. The fourth-order valence-electron chi connectivity index (χ4n) is 1.68. The minimum Gasteiger partial charge on any atom is -0.466 e. The Morgan fingerprint density at radius 3 is 2.29 bits per heavy atom. The SMILES string of the molecule is CCCCCCCOC(=O)CCCCCCBr. The number of rotatable bonds is 12. The summed E-state index contributed by atoms with van der Waals surface area (Å²) in [5.74, 6) is -0.0145. The summed E-state index contributed by atoms with van der Waals surface area (Å²) in [6.07, 6.45) is 11.1. The molecule has 0 amide bonds. The molecule has 2 nitrogen and oxygen atoms in total. The van der Waals surface area contributed by atoms with Gasteiger partial charge in [-0.1, -0.05) is 61.4 Å². The summed E-state index contributed by atoms with van der Waals surface area (Å²) in [4.78, 5) is 11.3. The maximum absolute atomic E-state index is 11.3. The van der Waals surface area contributed by atoms with Crippen LogP contribution < -0.4 is 0 Å². The van der Waals surface area contributed by atoms with E-state index in [4.69, 9.17) is 4.74 Å². The van der Waals surface area contributed by atoms with E-state index in [0.29, 0.717) is 13.0 Å². The molecule has 0 saturated heterocycles. The van der Waals surface area contributed by atoms with Crippen LogP contribution in [0.1, 0.15) is 71.1 Å². The van der Waals surface area contributed by atoms with Crippen LogP contribution in [0.25, 0.3) is 0 Å². The van der Waals surface area contributed by atoms with Crippen molar-refractivity contribution in [3.05, 3.63) is 0 Å². The maximum atomic E-state index is 11.3. The van der Waals surface area contributed by atoms with Crippen molar-refractivity contribution >= 4 is 21.9 Å². The fraction of sp³-hybridized carbons (Fsp3) is 0.929. The molecular formula is C14H27BrO2.